The number of carbonyl (C=O) groups excluding carboxylic acids is 1. The molecule has 28 heavy (non-hydrogen) atoms. The molecular weight excluding hydrogens is 381 g/mol. The predicted molar refractivity (Wildman–Crippen MR) is 88.5 cm³/mol. The summed E-state index contributed by atoms with van der Waals surface area (Å²) in [6, 6.07) is 8.28. The van der Waals surface area contributed by atoms with E-state index in [1.165, 1.54) is 37.4 Å². The SMILES string of the molecule is COc1ccc(C(=O)OCc2nc(-c3ccc(C(F)(F)F)cc3)no2)c(O)c1. The van der Waals surface area contributed by atoms with Gasteiger partial charge in [-0.15, -0.1) is 0 Å². The number of phenols is 1. The Bertz CT molecular complexity index is 984. The van der Waals surface area contributed by atoms with Crippen LogP contribution in [0.3, 0.4) is 0 Å². The zero-order valence-electron chi connectivity index (χ0n) is 14.4. The van der Waals surface area contributed by atoms with E-state index in [0.717, 1.165) is 12.1 Å². The maximum Gasteiger partial charge on any atom is 0.416 e. The first kappa shape index (κ1) is 19.2. The van der Waals surface area contributed by atoms with Crippen LogP contribution in [0.1, 0.15) is 21.8 Å². The number of hydrogen-bond acceptors (Lipinski definition) is 7. The maximum absolute atomic E-state index is 12.6. The molecule has 7 nitrogen and oxygen atoms in total. The Balaban J connectivity index is 1.65. The highest BCUT2D eigenvalue weighted by atomic mass is 19.4. The minimum absolute atomic E-state index is 0.0482. The topological polar surface area (TPSA) is 94.7 Å². The molecule has 0 aliphatic heterocycles. The largest absolute Gasteiger partial charge is 0.507 e. The Kier molecular flexibility index (Phi) is 5.21. The molecule has 0 saturated heterocycles. The molecule has 0 aliphatic carbocycles. The number of benzene rings is 2. The minimum atomic E-state index is -4.44. The molecule has 3 aromatic rings. The highest BCUT2D eigenvalue weighted by molar-refractivity contribution is 5.92. The van der Waals surface area contributed by atoms with Crippen molar-refractivity contribution >= 4 is 5.97 Å². The summed E-state index contributed by atoms with van der Waals surface area (Å²) in [5, 5.41) is 13.5. The van der Waals surface area contributed by atoms with Gasteiger partial charge >= 0.3 is 12.1 Å². The molecule has 0 saturated carbocycles. The van der Waals surface area contributed by atoms with Crippen molar-refractivity contribution in [3.63, 3.8) is 0 Å². The second-order valence-corrected chi connectivity index (χ2v) is 5.55. The molecule has 2 aromatic carbocycles. The van der Waals surface area contributed by atoms with E-state index in [1.807, 2.05) is 0 Å². The Hall–Kier alpha value is -3.56. The van der Waals surface area contributed by atoms with E-state index in [2.05, 4.69) is 10.1 Å². The first-order valence-corrected chi connectivity index (χ1v) is 7.82. The number of ether oxygens (including phenoxy) is 2. The average molecular weight is 394 g/mol. The molecular formula is C18H13F3N2O5. The number of aromatic nitrogens is 2. The van der Waals surface area contributed by atoms with Gasteiger partial charge in [0.2, 0.25) is 5.82 Å². The van der Waals surface area contributed by atoms with Gasteiger partial charge in [0, 0.05) is 11.6 Å². The first-order valence-electron chi connectivity index (χ1n) is 7.82. The van der Waals surface area contributed by atoms with E-state index in [-0.39, 0.29) is 29.6 Å². The van der Waals surface area contributed by atoms with Crippen LogP contribution in [0, 0.1) is 0 Å². The van der Waals surface area contributed by atoms with E-state index in [0.29, 0.717) is 11.3 Å². The van der Waals surface area contributed by atoms with Gasteiger partial charge in [-0.05, 0) is 24.3 Å². The van der Waals surface area contributed by atoms with Crippen LogP contribution in [-0.2, 0) is 17.5 Å². The molecule has 0 radical (unpaired) electrons. The van der Waals surface area contributed by atoms with Crippen molar-refractivity contribution in [3.05, 3.63) is 59.5 Å². The number of phenolic OH excluding ortho intramolecular Hbond substituents is 1. The molecule has 3 rings (SSSR count). The van der Waals surface area contributed by atoms with Crippen LogP contribution in [0.2, 0.25) is 0 Å². The van der Waals surface area contributed by atoms with Gasteiger partial charge in [-0.3, -0.25) is 0 Å². The Labute approximate surface area is 156 Å². The second kappa shape index (κ2) is 7.59. The summed E-state index contributed by atoms with van der Waals surface area (Å²) in [5.74, 6) is -0.787. The van der Waals surface area contributed by atoms with Crippen molar-refractivity contribution in [2.45, 2.75) is 12.8 Å². The van der Waals surface area contributed by atoms with Gasteiger partial charge in [0.25, 0.3) is 5.89 Å². The molecule has 1 aromatic heterocycles. The molecule has 0 unspecified atom stereocenters. The van der Waals surface area contributed by atoms with Crippen LogP contribution >= 0.6 is 0 Å². The van der Waals surface area contributed by atoms with Gasteiger partial charge < -0.3 is 19.1 Å². The molecule has 0 amide bonds. The number of hydrogen-bond donors (Lipinski definition) is 1. The van der Waals surface area contributed by atoms with Crippen molar-refractivity contribution in [1.82, 2.24) is 10.1 Å². The number of aromatic hydroxyl groups is 1. The van der Waals surface area contributed by atoms with Crippen LogP contribution in [0.5, 0.6) is 11.5 Å². The molecule has 0 aliphatic rings. The number of nitrogens with zero attached hydrogens (tertiary/aromatic N) is 2. The summed E-state index contributed by atoms with van der Waals surface area (Å²) in [6.45, 7) is -0.377. The van der Waals surface area contributed by atoms with Crippen molar-refractivity contribution in [3.8, 4) is 22.9 Å². The standard InChI is InChI=1S/C18H13F3N2O5/c1-26-12-6-7-13(14(24)8-12)17(25)27-9-15-22-16(23-28-15)10-2-4-11(5-3-10)18(19,20)21/h2-8,24H,9H2,1H3. The van der Waals surface area contributed by atoms with E-state index < -0.39 is 17.7 Å². The highest BCUT2D eigenvalue weighted by Gasteiger charge is 2.30. The van der Waals surface area contributed by atoms with Crippen LogP contribution in [0.25, 0.3) is 11.4 Å². The fourth-order valence-corrected chi connectivity index (χ4v) is 2.26. The molecule has 0 atom stereocenters. The quantitative estimate of drug-likeness (QED) is 0.657. The summed E-state index contributed by atoms with van der Waals surface area (Å²) >= 11 is 0. The van der Waals surface area contributed by atoms with Crippen LogP contribution < -0.4 is 4.74 Å². The molecule has 0 fully saturated rings. The molecule has 1 heterocycles. The number of alkyl halides is 3. The number of esters is 1. The van der Waals surface area contributed by atoms with Gasteiger partial charge in [0.05, 0.1) is 12.7 Å². The summed E-state index contributed by atoms with van der Waals surface area (Å²) in [5.41, 5.74) is -0.571. The molecule has 0 spiro atoms. The fourth-order valence-electron chi connectivity index (χ4n) is 2.26. The van der Waals surface area contributed by atoms with Crippen LogP contribution in [0.15, 0.2) is 47.0 Å². The lowest BCUT2D eigenvalue weighted by Gasteiger charge is -2.06. The number of methoxy groups -OCH3 is 1. The predicted octanol–water partition coefficient (Wildman–Crippen LogP) is 3.83. The van der Waals surface area contributed by atoms with Crippen molar-refractivity contribution in [2.75, 3.05) is 7.11 Å². The van der Waals surface area contributed by atoms with E-state index >= 15 is 0 Å². The summed E-state index contributed by atoms with van der Waals surface area (Å²) in [6.07, 6.45) is -4.44. The Morgan fingerprint density at radius 1 is 1.18 bits per heavy atom. The van der Waals surface area contributed by atoms with Gasteiger partial charge in [0.1, 0.15) is 17.1 Å². The average Bonchev–Trinajstić information content (AvgIpc) is 3.14. The lowest BCUT2D eigenvalue weighted by Crippen LogP contribution is -2.06. The van der Waals surface area contributed by atoms with Gasteiger partial charge in [0.15, 0.2) is 6.61 Å². The van der Waals surface area contributed by atoms with E-state index in [1.54, 1.807) is 0 Å². The zero-order chi connectivity index (χ0) is 20.3. The summed E-state index contributed by atoms with van der Waals surface area (Å²) in [7, 11) is 1.41. The summed E-state index contributed by atoms with van der Waals surface area (Å²) < 4.78 is 52.6. The lowest BCUT2D eigenvalue weighted by atomic mass is 10.1. The number of halogens is 3. The highest BCUT2D eigenvalue weighted by Crippen LogP contribution is 2.30. The molecule has 10 heteroatoms. The van der Waals surface area contributed by atoms with E-state index in [9.17, 15) is 23.1 Å². The molecule has 146 valence electrons. The fraction of sp³-hybridized carbons (Fsp3) is 0.167. The van der Waals surface area contributed by atoms with Crippen LogP contribution in [-0.4, -0.2) is 28.3 Å². The molecule has 0 bridgehead atoms. The van der Waals surface area contributed by atoms with Crippen molar-refractivity contribution in [1.29, 1.82) is 0 Å². The lowest BCUT2D eigenvalue weighted by molar-refractivity contribution is -0.137. The molecule has 1 N–H and O–H groups in total. The van der Waals surface area contributed by atoms with Gasteiger partial charge in [-0.1, -0.05) is 17.3 Å². The normalized spacial score (nSPS) is 11.3. The van der Waals surface area contributed by atoms with Crippen molar-refractivity contribution in [2.24, 2.45) is 0 Å². The monoisotopic (exact) mass is 394 g/mol. The second-order valence-electron chi connectivity index (χ2n) is 5.55. The van der Waals surface area contributed by atoms with Gasteiger partial charge in [-0.25, -0.2) is 4.79 Å². The van der Waals surface area contributed by atoms with Crippen molar-refractivity contribution < 1.29 is 37.1 Å². The maximum atomic E-state index is 12.6. The number of carbonyl (C=O) groups is 1. The smallest absolute Gasteiger partial charge is 0.416 e. The summed E-state index contributed by atoms with van der Waals surface area (Å²) in [4.78, 5) is 16.0. The first-order chi connectivity index (χ1) is 13.3. The number of rotatable bonds is 5. The van der Waals surface area contributed by atoms with Gasteiger partial charge in [-0.2, -0.15) is 18.2 Å². The van der Waals surface area contributed by atoms with Crippen LogP contribution in [0.4, 0.5) is 13.2 Å². The minimum Gasteiger partial charge on any atom is -0.507 e. The van der Waals surface area contributed by atoms with E-state index in [4.69, 9.17) is 14.0 Å². The third kappa shape index (κ3) is 4.22. The third-order valence-corrected chi connectivity index (χ3v) is 3.69. The Morgan fingerprint density at radius 2 is 1.89 bits per heavy atom. The Morgan fingerprint density at radius 3 is 2.50 bits per heavy atom. The zero-order valence-corrected chi connectivity index (χ0v) is 14.4. The third-order valence-electron chi connectivity index (χ3n) is 3.69.